The fraction of sp³-hybridized carbons (Fsp3) is 0.333. The third-order valence-electron chi connectivity index (χ3n) is 4.72. The molecule has 0 N–H and O–H groups in total. The van der Waals surface area contributed by atoms with Crippen LogP contribution in [0.25, 0.3) is 10.9 Å². The molecule has 0 bridgehead atoms. The lowest BCUT2D eigenvalue weighted by Crippen LogP contribution is -2.25. The van der Waals surface area contributed by atoms with Gasteiger partial charge in [-0.05, 0) is 34.5 Å². The topological polar surface area (TPSA) is 67.2 Å². The van der Waals surface area contributed by atoms with Gasteiger partial charge >= 0.3 is 6.08 Å². The van der Waals surface area contributed by atoms with Crippen LogP contribution in [-0.4, -0.2) is 51.2 Å². The molecular weight excluding hydrogens is 470 g/mol. The highest BCUT2D eigenvalue weighted by atomic mass is 79.9. The summed E-state index contributed by atoms with van der Waals surface area (Å²) < 4.78 is 30.5. The van der Waals surface area contributed by atoms with Gasteiger partial charge in [0.25, 0.3) is 5.91 Å². The average Bonchev–Trinajstić information content (AvgIpc) is 2.97. The van der Waals surface area contributed by atoms with Crippen LogP contribution < -0.4 is 4.90 Å². The van der Waals surface area contributed by atoms with E-state index in [9.17, 15) is 13.6 Å². The molecule has 1 aliphatic heterocycles. The van der Waals surface area contributed by atoms with E-state index >= 15 is 0 Å². The first-order valence-corrected chi connectivity index (χ1v) is 9.97. The Balaban J connectivity index is 1.80. The maximum absolute atomic E-state index is 14.6. The van der Waals surface area contributed by atoms with Crippen molar-refractivity contribution in [3.63, 3.8) is 0 Å². The van der Waals surface area contributed by atoms with E-state index < -0.39 is 11.9 Å². The van der Waals surface area contributed by atoms with Gasteiger partial charge in [-0.1, -0.05) is 11.6 Å². The van der Waals surface area contributed by atoms with E-state index in [4.69, 9.17) is 11.6 Å². The lowest BCUT2D eigenvalue weighted by Gasteiger charge is -2.22. The molecule has 3 aromatic rings. The van der Waals surface area contributed by atoms with Crippen molar-refractivity contribution in [3.05, 3.63) is 44.9 Å². The summed E-state index contributed by atoms with van der Waals surface area (Å²) in [5.41, 5.74) is 0.970. The molecule has 2 aromatic heterocycles. The molecule has 0 spiro atoms. The number of fused-ring (bicyclic) bond motifs is 2. The van der Waals surface area contributed by atoms with E-state index in [0.717, 1.165) is 5.69 Å². The van der Waals surface area contributed by atoms with E-state index in [-0.39, 0.29) is 26.7 Å². The molecule has 0 saturated heterocycles. The van der Waals surface area contributed by atoms with Gasteiger partial charge in [0.2, 0.25) is 0 Å². The zero-order valence-corrected chi connectivity index (χ0v) is 17.9. The summed E-state index contributed by atoms with van der Waals surface area (Å²) in [4.78, 5) is 23.0. The maximum Gasteiger partial charge on any atom is 0.311 e. The lowest BCUT2D eigenvalue weighted by atomic mass is 10.2. The molecule has 0 fully saturated rings. The summed E-state index contributed by atoms with van der Waals surface area (Å²) in [6, 6.07) is 3.23. The molecule has 29 heavy (non-hydrogen) atoms. The van der Waals surface area contributed by atoms with Gasteiger partial charge in [-0.25, -0.2) is 4.39 Å². The summed E-state index contributed by atoms with van der Waals surface area (Å²) in [7, 11) is 3.32. The van der Waals surface area contributed by atoms with Crippen molar-refractivity contribution in [1.29, 1.82) is 0 Å². The highest BCUT2D eigenvalue weighted by Gasteiger charge is 2.24. The molecular formula is C18H16BrClF2N6O. The van der Waals surface area contributed by atoms with Crippen molar-refractivity contribution in [2.45, 2.75) is 19.5 Å². The van der Waals surface area contributed by atoms with Crippen LogP contribution in [0.1, 0.15) is 22.6 Å². The fourth-order valence-electron chi connectivity index (χ4n) is 3.35. The minimum atomic E-state index is -1.03. The van der Waals surface area contributed by atoms with Gasteiger partial charge in [0, 0.05) is 32.6 Å². The Morgan fingerprint density at radius 3 is 2.72 bits per heavy atom. The third-order valence-corrected chi connectivity index (χ3v) is 6.02. The summed E-state index contributed by atoms with van der Waals surface area (Å²) >= 11 is 9.17. The molecule has 0 unspecified atom stereocenters. The molecule has 1 aliphatic rings. The SMILES string of the molecule is CN(C)C(=O)c1cc2n(n1)CCCN(c1nc(F)nc3c(F)c(Br)c(Cl)cc13)C2. The van der Waals surface area contributed by atoms with Gasteiger partial charge in [0.05, 0.1) is 21.7 Å². The summed E-state index contributed by atoms with van der Waals surface area (Å²) in [6.45, 7) is 1.47. The highest BCUT2D eigenvalue weighted by Crippen LogP contribution is 2.35. The van der Waals surface area contributed by atoms with Crippen molar-refractivity contribution < 1.29 is 13.6 Å². The summed E-state index contributed by atoms with van der Waals surface area (Å²) in [6.07, 6.45) is -0.341. The van der Waals surface area contributed by atoms with Gasteiger partial charge in [-0.3, -0.25) is 9.48 Å². The second-order valence-corrected chi connectivity index (χ2v) is 8.12. The zero-order valence-electron chi connectivity index (χ0n) is 15.6. The van der Waals surface area contributed by atoms with Crippen LogP contribution in [0, 0.1) is 11.9 Å². The number of amides is 1. The minimum absolute atomic E-state index is 0.0245. The van der Waals surface area contributed by atoms with Gasteiger partial charge < -0.3 is 9.80 Å². The Kier molecular flexibility index (Phi) is 5.16. The second kappa shape index (κ2) is 7.49. The fourth-order valence-corrected chi connectivity index (χ4v) is 3.84. The van der Waals surface area contributed by atoms with Crippen molar-refractivity contribution in [3.8, 4) is 0 Å². The van der Waals surface area contributed by atoms with E-state index in [1.165, 1.54) is 11.0 Å². The third kappa shape index (κ3) is 3.55. The Morgan fingerprint density at radius 1 is 1.24 bits per heavy atom. The molecule has 0 saturated carbocycles. The van der Waals surface area contributed by atoms with E-state index in [1.807, 2.05) is 4.90 Å². The first-order valence-electron chi connectivity index (χ1n) is 8.80. The van der Waals surface area contributed by atoms with Gasteiger partial charge in [-0.2, -0.15) is 19.5 Å². The van der Waals surface area contributed by atoms with E-state index in [1.54, 1.807) is 24.8 Å². The first-order chi connectivity index (χ1) is 13.8. The molecule has 152 valence electrons. The number of carbonyl (C=O) groups is 1. The van der Waals surface area contributed by atoms with Gasteiger partial charge in [0.15, 0.2) is 11.5 Å². The number of aromatic nitrogens is 4. The molecule has 0 atom stereocenters. The molecule has 3 heterocycles. The van der Waals surface area contributed by atoms with Crippen LogP contribution in [-0.2, 0) is 13.1 Å². The van der Waals surface area contributed by atoms with Crippen molar-refractivity contribution >= 4 is 50.2 Å². The van der Waals surface area contributed by atoms with Crippen LogP contribution in [0.2, 0.25) is 5.02 Å². The summed E-state index contributed by atoms with van der Waals surface area (Å²) in [5, 5.41) is 4.84. The number of rotatable bonds is 2. The summed E-state index contributed by atoms with van der Waals surface area (Å²) in [5.74, 6) is -0.695. The van der Waals surface area contributed by atoms with E-state index in [2.05, 4.69) is 31.0 Å². The number of benzene rings is 1. The van der Waals surface area contributed by atoms with E-state index in [0.29, 0.717) is 37.1 Å². The number of carbonyl (C=O) groups excluding carboxylic acids is 1. The maximum atomic E-state index is 14.6. The van der Waals surface area contributed by atoms with Crippen molar-refractivity contribution in [2.75, 3.05) is 25.5 Å². The number of halogens is 4. The van der Waals surface area contributed by atoms with Crippen LogP contribution in [0.3, 0.4) is 0 Å². The van der Waals surface area contributed by atoms with Crippen molar-refractivity contribution in [1.82, 2.24) is 24.6 Å². The Bertz CT molecular complexity index is 1140. The van der Waals surface area contributed by atoms with Crippen LogP contribution in [0.15, 0.2) is 16.6 Å². The largest absolute Gasteiger partial charge is 0.350 e. The number of anilines is 1. The smallest absolute Gasteiger partial charge is 0.311 e. The van der Waals surface area contributed by atoms with Crippen LogP contribution in [0.5, 0.6) is 0 Å². The highest BCUT2D eigenvalue weighted by molar-refractivity contribution is 9.10. The number of nitrogens with zero attached hydrogens (tertiary/aromatic N) is 6. The number of hydrogen-bond donors (Lipinski definition) is 0. The number of aryl methyl sites for hydroxylation is 1. The normalized spacial score (nSPS) is 14.1. The predicted octanol–water partition coefficient (Wildman–Crippen LogP) is 3.63. The Hall–Kier alpha value is -2.33. The first kappa shape index (κ1) is 20.0. The monoisotopic (exact) mass is 484 g/mol. The average molecular weight is 486 g/mol. The predicted molar refractivity (Wildman–Crippen MR) is 108 cm³/mol. The number of hydrogen-bond acceptors (Lipinski definition) is 5. The molecule has 1 aromatic carbocycles. The molecule has 1 amide bonds. The molecule has 4 rings (SSSR count). The molecule has 0 aliphatic carbocycles. The zero-order chi connectivity index (χ0) is 20.9. The van der Waals surface area contributed by atoms with Gasteiger partial charge in [0.1, 0.15) is 11.3 Å². The van der Waals surface area contributed by atoms with Crippen LogP contribution in [0.4, 0.5) is 14.6 Å². The van der Waals surface area contributed by atoms with Gasteiger partial charge in [-0.15, -0.1) is 0 Å². The van der Waals surface area contributed by atoms with Crippen molar-refractivity contribution in [2.24, 2.45) is 0 Å². The second-order valence-electron chi connectivity index (χ2n) is 6.92. The quantitative estimate of drug-likeness (QED) is 0.410. The standard InChI is InChI=1S/C18H16BrClF2N6O/c1-26(2)17(29)12-6-9-8-27(4-3-5-28(9)25-12)16-10-7-11(20)13(19)14(21)15(10)23-18(22)24-16/h6-7H,3-5,8H2,1-2H3. The minimum Gasteiger partial charge on any atom is -0.350 e. The van der Waals surface area contributed by atoms with Crippen LogP contribution >= 0.6 is 27.5 Å². The Labute approximate surface area is 178 Å². The molecule has 7 nitrogen and oxygen atoms in total. The lowest BCUT2D eigenvalue weighted by molar-refractivity contribution is 0.0821. The Morgan fingerprint density at radius 2 is 2.00 bits per heavy atom. The molecule has 0 radical (unpaired) electrons. The molecule has 11 heteroatoms.